The maximum Gasteiger partial charge on any atom is 0.344 e. The zero-order valence-electron chi connectivity index (χ0n) is 13.2. The van der Waals surface area contributed by atoms with E-state index in [2.05, 4.69) is 4.74 Å². The number of nitrogens with two attached hydrogens (primary N) is 1. The molecule has 3 rings (SSSR count). The van der Waals surface area contributed by atoms with E-state index in [1.807, 2.05) is 0 Å². The lowest BCUT2D eigenvalue weighted by Gasteiger charge is -2.32. The third-order valence-electron chi connectivity index (χ3n) is 5.10. The van der Waals surface area contributed by atoms with Crippen molar-refractivity contribution in [1.82, 2.24) is 0 Å². The van der Waals surface area contributed by atoms with Gasteiger partial charge < -0.3 is 20.3 Å². The average Bonchev–Trinajstić information content (AvgIpc) is 3.04. The predicted octanol–water partition coefficient (Wildman–Crippen LogP) is 2.19. The third-order valence-corrected chi connectivity index (χ3v) is 5.84. The lowest BCUT2D eigenvalue weighted by molar-refractivity contribution is -0.158. The molecular weight excluding hydrogens is 376 g/mol. The summed E-state index contributed by atoms with van der Waals surface area (Å²) in [6.07, 6.45) is -0.927. The van der Waals surface area contributed by atoms with E-state index < -0.39 is 41.1 Å². The summed E-state index contributed by atoms with van der Waals surface area (Å²) < 4.78 is 24.9. The molecule has 1 aromatic carbocycles. The van der Waals surface area contributed by atoms with E-state index >= 15 is 0 Å². The van der Waals surface area contributed by atoms with Gasteiger partial charge in [0.2, 0.25) is 5.67 Å². The molecule has 0 unspecified atom stereocenters. The number of rotatable bonds is 5. The number of hydrogen-bond donors (Lipinski definition) is 2. The van der Waals surface area contributed by atoms with Gasteiger partial charge in [-0.05, 0) is 24.1 Å². The molecular formula is C16H16Cl2FNO5. The normalized spacial score (nSPS) is 36.0. The molecule has 0 aromatic heterocycles. The first-order chi connectivity index (χ1) is 11.7. The van der Waals surface area contributed by atoms with Crippen molar-refractivity contribution >= 4 is 35.1 Å². The highest BCUT2D eigenvalue weighted by Gasteiger charge is 2.85. The van der Waals surface area contributed by atoms with Crippen LogP contribution in [0.2, 0.25) is 10.0 Å². The van der Waals surface area contributed by atoms with Crippen LogP contribution in [-0.4, -0.2) is 41.5 Å². The van der Waals surface area contributed by atoms with Crippen molar-refractivity contribution in [3.63, 3.8) is 0 Å². The Balaban J connectivity index is 1.76. The number of methoxy groups -OCH3 is 1. The van der Waals surface area contributed by atoms with Gasteiger partial charge in [0.25, 0.3) is 0 Å². The van der Waals surface area contributed by atoms with Crippen LogP contribution in [0.3, 0.4) is 0 Å². The smallest absolute Gasteiger partial charge is 0.344 e. The van der Waals surface area contributed by atoms with Crippen LogP contribution in [0.5, 0.6) is 0 Å². The minimum absolute atomic E-state index is 0.0143. The lowest BCUT2D eigenvalue weighted by Crippen LogP contribution is -2.60. The van der Waals surface area contributed by atoms with Crippen molar-refractivity contribution in [2.45, 2.75) is 30.3 Å². The monoisotopic (exact) mass is 391 g/mol. The number of hydrogen-bond acceptors (Lipinski definition) is 5. The molecule has 3 N–H and O–H groups in total. The molecule has 0 bridgehead atoms. The third kappa shape index (κ3) is 2.61. The van der Waals surface area contributed by atoms with Gasteiger partial charge in [-0.2, -0.15) is 0 Å². The summed E-state index contributed by atoms with van der Waals surface area (Å²) in [6.45, 7) is 0.0325. The number of fused-ring (bicyclic) bond motifs is 1. The first-order valence-electron chi connectivity index (χ1n) is 7.52. The van der Waals surface area contributed by atoms with Crippen LogP contribution in [0.4, 0.5) is 4.39 Å². The summed E-state index contributed by atoms with van der Waals surface area (Å²) in [4.78, 5) is 23.4. The minimum atomic E-state index is -2.37. The van der Waals surface area contributed by atoms with Gasteiger partial charge in [-0.25, -0.2) is 9.18 Å². The summed E-state index contributed by atoms with van der Waals surface area (Å²) in [5.74, 6) is -4.52. The molecule has 6 nitrogen and oxygen atoms in total. The largest absolute Gasteiger partial charge is 0.480 e. The number of aliphatic carboxylic acids is 1. The Hall–Kier alpha value is -1.41. The van der Waals surface area contributed by atoms with Crippen molar-refractivity contribution in [3.8, 4) is 0 Å². The van der Waals surface area contributed by atoms with Crippen LogP contribution >= 0.6 is 23.2 Å². The highest BCUT2D eigenvalue weighted by Crippen LogP contribution is 2.67. The van der Waals surface area contributed by atoms with E-state index in [1.165, 1.54) is 0 Å². The average molecular weight is 392 g/mol. The molecule has 0 heterocycles. The molecule has 0 saturated heterocycles. The highest BCUT2D eigenvalue weighted by molar-refractivity contribution is 6.42. The zero-order valence-corrected chi connectivity index (χ0v) is 14.7. The van der Waals surface area contributed by atoms with Crippen molar-refractivity contribution in [3.05, 3.63) is 33.8 Å². The highest BCUT2D eigenvalue weighted by atomic mass is 35.5. The molecule has 25 heavy (non-hydrogen) atoms. The molecule has 2 aliphatic carbocycles. The minimum Gasteiger partial charge on any atom is -0.480 e. The number of alkyl halides is 1. The van der Waals surface area contributed by atoms with E-state index in [4.69, 9.17) is 33.7 Å². The topological polar surface area (TPSA) is 98.9 Å². The van der Waals surface area contributed by atoms with Gasteiger partial charge >= 0.3 is 11.9 Å². The van der Waals surface area contributed by atoms with Crippen LogP contribution in [0.25, 0.3) is 0 Å². The number of carbonyl (C=O) groups is 2. The summed E-state index contributed by atoms with van der Waals surface area (Å²) in [6, 6.07) is 4.86. The second kappa shape index (κ2) is 6.09. The fourth-order valence-electron chi connectivity index (χ4n) is 3.78. The fourth-order valence-corrected chi connectivity index (χ4v) is 4.10. The second-order valence-corrected chi connectivity index (χ2v) is 7.18. The molecule has 5 atom stereocenters. The Morgan fingerprint density at radius 1 is 1.40 bits per heavy atom. The number of esters is 1. The van der Waals surface area contributed by atoms with E-state index in [0.29, 0.717) is 15.6 Å². The second-order valence-electron chi connectivity index (χ2n) is 6.37. The maximum absolute atomic E-state index is 14.8. The van der Waals surface area contributed by atoms with Crippen LogP contribution < -0.4 is 5.73 Å². The zero-order chi connectivity index (χ0) is 18.6. The number of carbonyl (C=O) groups excluding carboxylic acids is 1. The first-order valence-corrected chi connectivity index (χ1v) is 8.28. The predicted molar refractivity (Wildman–Crippen MR) is 87.0 cm³/mol. The van der Waals surface area contributed by atoms with Gasteiger partial charge in [-0.3, -0.25) is 4.79 Å². The van der Waals surface area contributed by atoms with Gasteiger partial charge in [0, 0.05) is 11.8 Å². The summed E-state index contributed by atoms with van der Waals surface area (Å²) in [5, 5.41) is 10.3. The molecule has 1 aromatic rings. The maximum atomic E-state index is 14.8. The van der Waals surface area contributed by atoms with Gasteiger partial charge in [0.1, 0.15) is 5.54 Å². The summed E-state index contributed by atoms with van der Waals surface area (Å²) in [7, 11) is 1.05. The van der Waals surface area contributed by atoms with E-state index in [-0.39, 0.29) is 13.0 Å². The molecule has 2 fully saturated rings. The standard InChI is InChI=1S/C16H16Cl2FNO5/c1-24-14(23)15(19)8-5-11(16(20,12(8)15)13(21)22)25-6-7-2-3-9(17)10(18)4-7/h2-4,8,11-12H,5-6,20H2,1H3,(H,21,22)/t8-,11-,12+,15-,16+/m1/s1. The van der Waals surface area contributed by atoms with Crippen molar-refractivity contribution < 1.29 is 28.6 Å². The van der Waals surface area contributed by atoms with Crippen LogP contribution in [0, 0.1) is 11.8 Å². The van der Waals surface area contributed by atoms with E-state index in [9.17, 15) is 19.1 Å². The molecule has 0 radical (unpaired) electrons. The molecule has 0 spiro atoms. The summed E-state index contributed by atoms with van der Waals surface area (Å²) in [5.41, 5.74) is 2.29. The van der Waals surface area contributed by atoms with Crippen LogP contribution in [-0.2, 0) is 25.7 Å². The quantitative estimate of drug-likeness (QED) is 0.746. The summed E-state index contributed by atoms with van der Waals surface area (Å²) >= 11 is 11.8. The van der Waals surface area contributed by atoms with Crippen molar-refractivity contribution in [2.75, 3.05) is 7.11 Å². The molecule has 0 amide bonds. The Bertz CT molecular complexity index is 747. The molecule has 0 aliphatic heterocycles. The number of ether oxygens (including phenoxy) is 2. The van der Waals surface area contributed by atoms with Gasteiger partial charge in [0.05, 0.1) is 29.9 Å². The first kappa shape index (κ1) is 18.4. The molecule has 136 valence electrons. The van der Waals surface area contributed by atoms with Crippen LogP contribution in [0.15, 0.2) is 18.2 Å². The SMILES string of the molecule is COC(=O)[C@@]1(F)[C@@H]2C[C@@H](OCc3ccc(Cl)c(Cl)c3)[C@@](N)(C(=O)O)[C@@H]21. The Morgan fingerprint density at radius 2 is 2.08 bits per heavy atom. The van der Waals surface area contributed by atoms with E-state index in [1.54, 1.807) is 18.2 Å². The van der Waals surface area contributed by atoms with Crippen molar-refractivity contribution in [1.29, 1.82) is 0 Å². The fraction of sp³-hybridized carbons (Fsp3) is 0.500. The van der Waals surface area contributed by atoms with E-state index in [0.717, 1.165) is 7.11 Å². The van der Waals surface area contributed by atoms with Crippen LogP contribution in [0.1, 0.15) is 12.0 Å². The number of benzene rings is 1. The van der Waals surface area contributed by atoms with Gasteiger partial charge in [-0.15, -0.1) is 0 Å². The Kier molecular flexibility index (Phi) is 4.48. The van der Waals surface area contributed by atoms with Gasteiger partial charge in [-0.1, -0.05) is 29.3 Å². The molecule has 2 saturated carbocycles. The Labute approximate surface area is 153 Å². The Morgan fingerprint density at radius 3 is 2.64 bits per heavy atom. The molecule has 9 heteroatoms. The van der Waals surface area contributed by atoms with Crippen molar-refractivity contribution in [2.24, 2.45) is 17.6 Å². The van der Waals surface area contributed by atoms with Gasteiger partial charge in [0.15, 0.2) is 0 Å². The number of carboxylic acids is 1. The molecule has 2 aliphatic rings. The number of halogens is 3. The number of carboxylic acid groups (broad SMARTS) is 1. The lowest BCUT2D eigenvalue weighted by atomic mass is 9.88.